The molecule has 0 spiro atoms. The Kier molecular flexibility index (Phi) is 2.18. The number of nitro groups is 1. The fourth-order valence-electron chi connectivity index (χ4n) is 0.804. The summed E-state index contributed by atoms with van der Waals surface area (Å²) in [4.78, 5) is 9.82. The summed E-state index contributed by atoms with van der Waals surface area (Å²) in [7, 11) is 0. The number of nitrogens with two attached hydrogens (primary N) is 2. The summed E-state index contributed by atoms with van der Waals surface area (Å²) in [6.45, 7) is 0. The summed E-state index contributed by atoms with van der Waals surface area (Å²) < 4.78 is 0.475. The number of hydrogen-bond donors (Lipinski definition) is 2. The maximum atomic E-state index is 10.4. The molecule has 64 valence electrons. The first-order valence-corrected chi connectivity index (χ1v) is 3.81. The van der Waals surface area contributed by atoms with Crippen LogP contribution in [-0.4, -0.2) is 4.92 Å². The molecule has 0 saturated carbocycles. The normalized spacial score (nSPS) is 9.75. The van der Waals surface area contributed by atoms with Gasteiger partial charge in [0.15, 0.2) is 0 Å². The lowest BCUT2D eigenvalue weighted by molar-refractivity contribution is -0.383. The van der Waals surface area contributed by atoms with Gasteiger partial charge in [-0.2, -0.15) is 0 Å². The SMILES string of the molecule is Nc1ccc(Br)c(N)c1[N+](=O)[O-]. The van der Waals surface area contributed by atoms with Crippen LogP contribution < -0.4 is 11.5 Å². The molecule has 0 aliphatic carbocycles. The van der Waals surface area contributed by atoms with Gasteiger partial charge in [-0.05, 0) is 28.1 Å². The molecule has 0 aromatic heterocycles. The van der Waals surface area contributed by atoms with Crippen molar-refractivity contribution in [1.82, 2.24) is 0 Å². The summed E-state index contributed by atoms with van der Waals surface area (Å²) in [5, 5.41) is 10.4. The lowest BCUT2D eigenvalue weighted by Gasteiger charge is -2.01. The Labute approximate surface area is 76.6 Å². The average molecular weight is 232 g/mol. The molecule has 0 unspecified atom stereocenters. The largest absolute Gasteiger partial charge is 0.393 e. The van der Waals surface area contributed by atoms with Crippen molar-refractivity contribution in [2.45, 2.75) is 0 Å². The minimum atomic E-state index is -0.602. The van der Waals surface area contributed by atoms with Crippen LogP contribution in [0.4, 0.5) is 17.1 Å². The number of nitrogens with zero attached hydrogens (tertiary/aromatic N) is 1. The highest BCUT2D eigenvalue weighted by Gasteiger charge is 2.17. The average Bonchev–Trinajstić information content (AvgIpc) is 1.97. The second-order valence-electron chi connectivity index (χ2n) is 2.16. The first-order chi connectivity index (χ1) is 5.54. The third kappa shape index (κ3) is 1.33. The predicted molar refractivity (Wildman–Crippen MR) is 49.6 cm³/mol. The van der Waals surface area contributed by atoms with E-state index in [4.69, 9.17) is 11.5 Å². The molecule has 0 saturated heterocycles. The van der Waals surface area contributed by atoms with Gasteiger partial charge in [-0.25, -0.2) is 0 Å². The Balaban J connectivity index is 3.43. The molecule has 5 nitrogen and oxygen atoms in total. The molecule has 0 amide bonds. The number of benzene rings is 1. The molecular formula is C6H6BrN3O2. The van der Waals surface area contributed by atoms with Crippen molar-refractivity contribution in [3.8, 4) is 0 Å². The quantitative estimate of drug-likeness (QED) is 0.435. The molecule has 1 rings (SSSR count). The summed E-state index contributed by atoms with van der Waals surface area (Å²) in [6, 6.07) is 3.00. The minimum absolute atomic E-state index is 0.0556. The van der Waals surface area contributed by atoms with Crippen LogP contribution in [0.2, 0.25) is 0 Å². The summed E-state index contributed by atoms with van der Waals surface area (Å²) in [5.41, 5.74) is 10.6. The molecule has 1 aromatic rings. The maximum Gasteiger partial charge on any atom is 0.315 e. The molecule has 12 heavy (non-hydrogen) atoms. The molecule has 0 heterocycles. The van der Waals surface area contributed by atoms with Gasteiger partial charge in [-0.15, -0.1) is 0 Å². The third-order valence-electron chi connectivity index (χ3n) is 1.38. The molecule has 0 bridgehead atoms. The fraction of sp³-hybridized carbons (Fsp3) is 0. The van der Waals surface area contributed by atoms with Crippen molar-refractivity contribution in [3.63, 3.8) is 0 Å². The van der Waals surface area contributed by atoms with Crippen molar-refractivity contribution in [2.24, 2.45) is 0 Å². The molecular weight excluding hydrogens is 226 g/mol. The lowest BCUT2D eigenvalue weighted by atomic mass is 10.2. The highest BCUT2D eigenvalue weighted by Crippen LogP contribution is 2.34. The Morgan fingerprint density at radius 3 is 2.42 bits per heavy atom. The number of anilines is 2. The van der Waals surface area contributed by atoms with Crippen molar-refractivity contribution < 1.29 is 4.92 Å². The van der Waals surface area contributed by atoms with E-state index in [2.05, 4.69) is 15.9 Å². The van der Waals surface area contributed by atoms with Gasteiger partial charge in [0.1, 0.15) is 11.4 Å². The summed E-state index contributed by atoms with van der Waals surface area (Å²) in [6.07, 6.45) is 0. The van der Waals surface area contributed by atoms with Gasteiger partial charge in [-0.1, -0.05) is 0 Å². The van der Waals surface area contributed by atoms with Gasteiger partial charge in [0, 0.05) is 4.47 Å². The maximum absolute atomic E-state index is 10.4. The number of nitrogen functional groups attached to an aromatic ring is 2. The number of hydrogen-bond acceptors (Lipinski definition) is 4. The zero-order valence-electron chi connectivity index (χ0n) is 5.95. The molecule has 0 atom stereocenters. The molecule has 0 aliphatic heterocycles. The van der Waals surface area contributed by atoms with Crippen LogP contribution >= 0.6 is 15.9 Å². The summed E-state index contributed by atoms with van der Waals surface area (Å²) >= 11 is 3.06. The van der Waals surface area contributed by atoms with Gasteiger partial charge in [-0.3, -0.25) is 10.1 Å². The van der Waals surface area contributed by atoms with E-state index in [1.54, 1.807) is 6.07 Å². The number of nitro benzene ring substituents is 1. The zero-order valence-corrected chi connectivity index (χ0v) is 7.54. The zero-order chi connectivity index (χ0) is 9.30. The second-order valence-corrected chi connectivity index (χ2v) is 3.01. The van der Waals surface area contributed by atoms with E-state index in [1.807, 2.05) is 0 Å². The Hall–Kier alpha value is -1.30. The fourth-order valence-corrected chi connectivity index (χ4v) is 1.12. The monoisotopic (exact) mass is 231 g/mol. The standard InChI is InChI=1S/C6H6BrN3O2/c7-3-1-2-4(8)6(5(3)9)10(11)12/h1-2H,8-9H2. The third-order valence-corrected chi connectivity index (χ3v) is 2.07. The Morgan fingerprint density at radius 1 is 1.42 bits per heavy atom. The first-order valence-electron chi connectivity index (χ1n) is 3.02. The van der Waals surface area contributed by atoms with E-state index in [9.17, 15) is 10.1 Å². The lowest BCUT2D eigenvalue weighted by Crippen LogP contribution is -2.00. The van der Waals surface area contributed by atoms with Gasteiger partial charge in [0.05, 0.1) is 4.92 Å². The van der Waals surface area contributed by atoms with E-state index in [0.29, 0.717) is 4.47 Å². The molecule has 0 radical (unpaired) electrons. The van der Waals surface area contributed by atoms with Gasteiger partial charge >= 0.3 is 5.69 Å². The van der Waals surface area contributed by atoms with Crippen LogP contribution in [0, 0.1) is 10.1 Å². The smallest absolute Gasteiger partial charge is 0.315 e. The van der Waals surface area contributed by atoms with Crippen molar-refractivity contribution >= 4 is 33.0 Å². The number of halogens is 1. The van der Waals surface area contributed by atoms with E-state index < -0.39 is 4.92 Å². The highest BCUT2D eigenvalue weighted by atomic mass is 79.9. The van der Waals surface area contributed by atoms with Gasteiger partial charge in [0.25, 0.3) is 0 Å². The molecule has 0 fully saturated rings. The van der Waals surface area contributed by atoms with E-state index in [0.717, 1.165) is 0 Å². The van der Waals surface area contributed by atoms with Crippen molar-refractivity contribution in [3.05, 3.63) is 26.7 Å². The van der Waals surface area contributed by atoms with E-state index >= 15 is 0 Å². The summed E-state index contributed by atoms with van der Waals surface area (Å²) in [5.74, 6) is 0. The first kappa shape index (κ1) is 8.79. The van der Waals surface area contributed by atoms with E-state index in [1.165, 1.54) is 6.07 Å². The molecule has 4 N–H and O–H groups in total. The minimum Gasteiger partial charge on any atom is -0.393 e. The van der Waals surface area contributed by atoms with Gasteiger partial charge < -0.3 is 11.5 Å². The van der Waals surface area contributed by atoms with Crippen LogP contribution in [0.25, 0.3) is 0 Å². The van der Waals surface area contributed by atoms with Crippen LogP contribution in [0.3, 0.4) is 0 Å². The van der Waals surface area contributed by atoms with Crippen molar-refractivity contribution in [2.75, 3.05) is 11.5 Å². The molecule has 0 aliphatic rings. The molecule has 6 heteroatoms. The predicted octanol–water partition coefficient (Wildman–Crippen LogP) is 1.52. The Morgan fingerprint density at radius 2 is 2.00 bits per heavy atom. The van der Waals surface area contributed by atoms with Crippen molar-refractivity contribution in [1.29, 1.82) is 0 Å². The molecule has 1 aromatic carbocycles. The van der Waals surface area contributed by atoms with E-state index in [-0.39, 0.29) is 17.1 Å². The van der Waals surface area contributed by atoms with Gasteiger partial charge in [0.2, 0.25) is 0 Å². The highest BCUT2D eigenvalue weighted by molar-refractivity contribution is 9.10. The topological polar surface area (TPSA) is 95.2 Å². The second kappa shape index (κ2) is 2.98. The van der Waals surface area contributed by atoms with Crippen LogP contribution in [0.15, 0.2) is 16.6 Å². The number of rotatable bonds is 1. The Bertz CT molecular complexity index is 340. The van der Waals surface area contributed by atoms with Crippen LogP contribution in [0.1, 0.15) is 0 Å². The van der Waals surface area contributed by atoms with Crippen LogP contribution in [-0.2, 0) is 0 Å². The van der Waals surface area contributed by atoms with Crippen LogP contribution in [0.5, 0.6) is 0 Å².